The fourth-order valence-corrected chi connectivity index (χ4v) is 2.98. The van der Waals surface area contributed by atoms with Gasteiger partial charge in [0.1, 0.15) is 6.07 Å². The second kappa shape index (κ2) is 7.85. The lowest BCUT2D eigenvalue weighted by atomic mass is 10.0. The number of para-hydroxylation sites is 1. The molecular weight excluding hydrogens is 304 g/mol. The first-order valence-electron chi connectivity index (χ1n) is 7.58. The largest absolute Gasteiger partial charge is 0.324 e. The van der Waals surface area contributed by atoms with E-state index in [2.05, 4.69) is 37.4 Å². The van der Waals surface area contributed by atoms with Gasteiger partial charge in [-0.3, -0.25) is 4.79 Å². The zero-order chi connectivity index (χ0) is 16.8. The van der Waals surface area contributed by atoms with Crippen molar-refractivity contribution >= 4 is 23.4 Å². The second-order valence-corrected chi connectivity index (χ2v) is 7.04. The molecule has 23 heavy (non-hydrogen) atoms. The van der Waals surface area contributed by atoms with E-state index in [1.807, 2.05) is 19.1 Å². The van der Waals surface area contributed by atoms with Crippen LogP contribution in [0.5, 0.6) is 0 Å². The van der Waals surface area contributed by atoms with Crippen LogP contribution in [-0.2, 0) is 4.79 Å². The summed E-state index contributed by atoms with van der Waals surface area (Å²) < 4.78 is 0. The molecule has 1 atom stereocenters. The summed E-state index contributed by atoms with van der Waals surface area (Å²) in [5.41, 5.74) is 2.32. The van der Waals surface area contributed by atoms with Gasteiger partial charge in [0.15, 0.2) is 0 Å². The van der Waals surface area contributed by atoms with E-state index in [1.165, 1.54) is 17.3 Å². The number of nitrogens with zero attached hydrogens (tertiary/aromatic N) is 1. The van der Waals surface area contributed by atoms with Crippen molar-refractivity contribution in [3.8, 4) is 6.07 Å². The highest BCUT2D eigenvalue weighted by molar-refractivity contribution is 8.00. The third-order valence-corrected chi connectivity index (χ3v) is 4.65. The summed E-state index contributed by atoms with van der Waals surface area (Å²) in [6.45, 7) is 6.18. The zero-order valence-corrected chi connectivity index (χ0v) is 14.4. The van der Waals surface area contributed by atoms with Gasteiger partial charge >= 0.3 is 0 Å². The van der Waals surface area contributed by atoms with Gasteiger partial charge in [0, 0.05) is 4.90 Å². The Kier molecular flexibility index (Phi) is 5.84. The van der Waals surface area contributed by atoms with Gasteiger partial charge in [-0.2, -0.15) is 5.26 Å². The number of hydrogen-bond donors (Lipinski definition) is 1. The Hall–Kier alpha value is -2.25. The molecule has 2 aromatic rings. The Morgan fingerprint density at radius 2 is 1.74 bits per heavy atom. The molecule has 0 saturated heterocycles. The molecule has 0 fully saturated rings. The molecule has 2 aromatic carbocycles. The number of nitriles is 1. The van der Waals surface area contributed by atoms with Crippen LogP contribution in [0.1, 0.15) is 37.8 Å². The number of benzene rings is 2. The van der Waals surface area contributed by atoms with Crippen LogP contribution < -0.4 is 5.32 Å². The Morgan fingerprint density at radius 1 is 1.09 bits per heavy atom. The van der Waals surface area contributed by atoms with Gasteiger partial charge in [-0.1, -0.05) is 38.1 Å². The normalized spacial score (nSPS) is 11.8. The van der Waals surface area contributed by atoms with Gasteiger partial charge in [-0.25, -0.2) is 0 Å². The highest BCUT2D eigenvalue weighted by Gasteiger charge is 2.16. The molecule has 0 radical (unpaired) electrons. The minimum Gasteiger partial charge on any atom is -0.324 e. The minimum atomic E-state index is -0.244. The second-order valence-electron chi connectivity index (χ2n) is 5.63. The van der Waals surface area contributed by atoms with Crippen molar-refractivity contribution in [3.63, 3.8) is 0 Å². The summed E-state index contributed by atoms with van der Waals surface area (Å²) in [4.78, 5) is 13.4. The van der Waals surface area contributed by atoms with Crippen LogP contribution in [0.3, 0.4) is 0 Å². The molecule has 0 aliphatic rings. The SMILES string of the molecule is CC(Sc1ccc(C(C)C)cc1)C(=O)Nc1ccccc1C#N. The fraction of sp³-hybridized carbons (Fsp3) is 0.263. The molecule has 0 bridgehead atoms. The van der Waals surface area contributed by atoms with E-state index in [4.69, 9.17) is 5.26 Å². The van der Waals surface area contributed by atoms with Crippen molar-refractivity contribution in [2.75, 3.05) is 5.32 Å². The molecule has 0 heterocycles. The van der Waals surface area contributed by atoms with Crippen molar-refractivity contribution in [3.05, 3.63) is 59.7 Å². The van der Waals surface area contributed by atoms with Crippen molar-refractivity contribution in [1.29, 1.82) is 5.26 Å². The maximum atomic E-state index is 12.3. The minimum absolute atomic E-state index is 0.106. The van der Waals surface area contributed by atoms with E-state index in [9.17, 15) is 4.79 Å². The number of carbonyl (C=O) groups excluding carboxylic acids is 1. The van der Waals surface area contributed by atoms with E-state index in [0.717, 1.165) is 4.90 Å². The number of amides is 1. The van der Waals surface area contributed by atoms with Gasteiger partial charge in [0.2, 0.25) is 5.91 Å². The van der Waals surface area contributed by atoms with Gasteiger partial charge in [-0.05, 0) is 42.7 Å². The quantitative estimate of drug-likeness (QED) is 0.804. The van der Waals surface area contributed by atoms with Gasteiger partial charge < -0.3 is 5.32 Å². The van der Waals surface area contributed by atoms with Crippen molar-refractivity contribution in [2.24, 2.45) is 0 Å². The van der Waals surface area contributed by atoms with Crippen LogP contribution in [0.15, 0.2) is 53.4 Å². The molecule has 1 N–H and O–H groups in total. The molecule has 0 aromatic heterocycles. The van der Waals surface area contributed by atoms with Crippen molar-refractivity contribution < 1.29 is 4.79 Å². The Balaban J connectivity index is 2.01. The van der Waals surface area contributed by atoms with Crippen LogP contribution in [0.2, 0.25) is 0 Å². The number of carbonyl (C=O) groups is 1. The first kappa shape index (κ1) is 17.1. The number of rotatable bonds is 5. The van der Waals surface area contributed by atoms with E-state index < -0.39 is 0 Å². The molecular formula is C19H20N2OS. The van der Waals surface area contributed by atoms with E-state index in [0.29, 0.717) is 17.2 Å². The summed E-state index contributed by atoms with van der Waals surface area (Å²) in [6.07, 6.45) is 0. The smallest absolute Gasteiger partial charge is 0.237 e. The van der Waals surface area contributed by atoms with Crippen LogP contribution in [0, 0.1) is 11.3 Å². The summed E-state index contributed by atoms with van der Waals surface area (Å²) in [6, 6.07) is 17.4. The maximum absolute atomic E-state index is 12.3. The van der Waals surface area contributed by atoms with Crippen molar-refractivity contribution in [1.82, 2.24) is 0 Å². The number of anilines is 1. The lowest BCUT2D eigenvalue weighted by Gasteiger charge is -2.13. The van der Waals surface area contributed by atoms with Crippen LogP contribution >= 0.6 is 11.8 Å². The molecule has 0 aliphatic carbocycles. The third kappa shape index (κ3) is 4.61. The molecule has 0 aliphatic heterocycles. The average molecular weight is 324 g/mol. The first-order valence-corrected chi connectivity index (χ1v) is 8.46. The molecule has 1 amide bonds. The van der Waals surface area contributed by atoms with Crippen molar-refractivity contribution in [2.45, 2.75) is 36.8 Å². The molecule has 4 heteroatoms. The molecule has 1 unspecified atom stereocenters. The van der Waals surface area contributed by atoms with E-state index >= 15 is 0 Å². The Morgan fingerprint density at radius 3 is 2.35 bits per heavy atom. The average Bonchev–Trinajstić information content (AvgIpc) is 2.55. The lowest BCUT2D eigenvalue weighted by Crippen LogP contribution is -2.22. The van der Waals surface area contributed by atoms with Crippen LogP contribution in [-0.4, -0.2) is 11.2 Å². The summed E-state index contributed by atoms with van der Waals surface area (Å²) in [5, 5.41) is 11.7. The molecule has 2 rings (SSSR count). The summed E-state index contributed by atoms with van der Waals surface area (Å²) in [5.74, 6) is 0.392. The predicted octanol–water partition coefficient (Wildman–Crippen LogP) is 4.80. The number of hydrogen-bond acceptors (Lipinski definition) is 3. The van der Waals surface area contributed by atoms with E-state index in [1.54, 1.807) is 24.3 Å². The summed E-state index contributed by atoms with van der Waals surface area (Å²) >= 11 is 1.51. The van der Waals surface area contributed by atoms with Crippen LogP contribution in [0.4, 0.5) is 5.69 Å². The van der Waals surface area contributed by atoms with E-state index in [-0.39, 0.29) is 11.2 Å². The van der Waals surface area contributed by atoms with Crippen LogP contribution in [0.25, 0.3) is 0 Å². The summed E-state index contributed by atoms with van der Waals surface area (Å²) in [7, 11) is 0. The lowest BCUT2D eigenvalue weighted by molar-refractivity contribution is -0.115. The highest BCUT2D eigenvalue weighted by Crippen LogP contribution is 2.26. The Labute approximate surface area is 141 Å². The number of thioether (sulfide) groups is 1. The molecule has 118 valence electrons. The standard InChI is InChI=1S/C19H20N2OS/c1-13(2)15-8-10-17(11-9-15)23-14(3)19(22)21-18-7-5-4-6-16(18)12-20/h4-11,13-14H,1-3H3,(H,21,22). The Bertz CT molecular complexity index is 717. The van der Waals surface area contributed by atoms with Gasteiger partial charge in [0.25, 0.3) is 0 Å². The third-order valence-electron chi connectivity index (χ3n) is 3.53. The topological polar surface area (TPSA) is 52.9 Å². The highest BCUT2D eigenvalue weighted by atomic mass is 32.2. The van der Waals surface area contributed by atoms with Gasteiger partial charge in [0.05, 0.1) is 16.5 Å². The number of nitrogens with one attached hydrogen (secondary N) is 1. The molecule has 0 saturated carbocycles. The fourth-order valence-electron chi connectivity index (χ4n) is 2.11. The molecule has 0 spiro atoms. The maximum Gasteiger partial charge on any atom is 0.237 e. The first-order chi connectivity index (χ1) is 11.0. The van der Waals surface area contributed by atoms with Gasteiger partial charge in [-0.15, -0.1) is 11.8 Å². The molecule has 3 nitrogen and oxygen atoms in total. The zero-order valence-electron chi connectivity index (χ0n) is 13.5. The predicted molar refractivity (Wildman–Crippen MR) is 95.6 cm³/mol. The monoisotopic (exact) mass is 324 g/mol.